The van der Waals surface area contributed by atoms with Crippen LogP contribution < -0.4 is 0 Å². The van der Waals surface area contributed by atoms with E-state index >= 15 is 0 Å². The van der Waals surface area contributed by atoms with Gasteiger partial charge in [0.1, 0.15) is 16.9 Å². The lowest BCUT2D eigenvalue weighted by atomic mass is 10.0. The van der Waals surface area contributed by atoms with E-state index in [9.17, 15) is 22.8 Å². The van der Waals surface area contributed by atoms with Crippen molar-refractivity contribution in [3.63, 3.8) is 0 Å². The van der Waals surface area contributed by atoms with Gasteiger partial charge in [-0.15, -0.1) is 0 Å². The number of hydrogen-bond acceptors (Lipinski definition) is 7. The number of carbonyl (C=O) groups excluding carboxylic acids is 3. The fourth-order valence-corrected chi connectivity index (χ4v) is 5.58. The number of likely N-dealkylation sites (N-methyl/N-ethyl adjacent to an activating group) is 1. The lowest BCUT2D eigenvalue weighted by Gasteiger charge is -2.22. The SMILES string of the molecule is CCCCOC(=O)C(CCCN1C(=O)N(C)C(C)(C)C1=O)CS(=O)(=O)N(C)Cc1cc2ccccc2o1. The van der Waals surface area contributed by atoms with E-state index in [1.807, 2.05) is 31.2 Å². The van der Waals surface area contributed by atoms with Crippen molar-refractivity contribution in [2.75, 3.05) is 33.0 Å². The number of para-hydroxylation sites is 1. The van der Waals surface area contributed by atoms with Gasteiger partial charge < -0.3 is 14.1 Å². The number of unbranched alkanes of at least 4 members (excludes halogenated alkanes) is 1. The molecule has 3 rings (SSSR count). The van der Waals surface area contributed by atoms with Gasteiger partial charge in [-0.25, -0.2) is 13.2 Å². The van der Waals surface area contributed by atoms with Crippen molar-refractivity contribution < 1.29 is 32.0 Å². The van der Waals surface area contributed by atoms with Crippen LogP contribution in [0.4, 0.5) is 4.79 Å². The molecular weight excluding hydrogens is 498 g/mol. The number of fused-ring (bicyclic) bond motifs is 1. The Labute approximate surface area is 218 Å². The average Bonchev–Trinajstić information content (AvgIpc) is 3.32. The Morgan fingerprint density at radius 2 is 1.89 bits per heavy atom. The molecule has 0 saturated carbocycles. The standard InChI is InChI=1S/C26H37N3O7S/c1-6-7-15-35-23(30)20(12-10-14-29-24(31)26(2,3)28(5)25(29)32)18-37(33,34)27(4)17-21-16-19-11-8-9-13-22(19)36-21/h8-9,11,13,16,20H,6-7,10,12,14-15,17-18H2,1-5H3. The van der Waals surface area contributed by atoms with Gasteiger partial charge in [-0.3, -0.25) is 14.5 Å². The minimum absolute atomic E-state index is 0.0206. The monoisotopic (exact) mass is 535 g/mol. The Kier molecular flexibility index (Phi) is 9.01. The highest BCUT2D eigenvalue weighted by atomic mass is 32.2. The summed E-state index contributed by atoms with van der Waals surface area (Å²) in [4.78, 5) is 40.5. The molecule has 0 radical (unpaired) electrons. The minimum Gasteiger partial charge on any atom is -0.465 e. The third-order valence-corrected chi connectivity index (χ3v) is 8.78. The van der Waals surface area contributed by atoms with Gasteiger partial charge in [-0.1, -0.05) is 31.5 Å². The molecule has 204 valence electrons. The number of nitrogens with zero attached hydrogens (tertiary/aromatic N) is 3. The molecule has 3 amide bonds. The number of esters is 1. The van der Waals surface area contributed by atoms with E-state index in [2.05, 4.69) is 0 Å². The summed E-state index contributed by atoms with van der Waals surface area (Å²) in [6, 6.07) is 8.79. The lowest BCUT2D eigenvalue weighted by Crippen LogP contribution is -2.41. The Hall–Kier alpha value is -2.92. The predicted octanol–water partition coefficient (Wildman–Crippen LogP) is 3.61. The molecular formula is C26H37N3O7S. The van der Waals surface area contributed by atoms with E-state index < -0.39 is 39.2 Å². The van der Waals surface area contributed by atoms with E-state index in [1.165, 1.54) is 16.3 Å². The Balaban J connectivity index is 1.67. The second-order valence-electron chi connectivity index (χ2n) is 10.0. The topological polar surface area (TPSA) is 117 Å². The highest BCUT2D eigenvalue weighted by Crippen LogP contribution is 2.27. The summed E-state index contributed by atoms with van der Waals surface area (Å²) >= 11 is 0. The third kappa shape index (κ3) is 6.51. The number of amides is 3. The van der Waals surface area contributed by atoms with Crippen LogP contribution in [-0.4, -0.2) is 79.0 Å². The summed E-state index contributed by atoms with van der Waals surface area (Å²) < 4.78 is 38.7. The summed E-state index contributed by atoms with van der Waals surface area (Å²) in [5, 5.41) is 0.875. The zero-order valence-electron chi connectivity index (χ0n) is 22.2. The molecule has 1 aromatic carbocycles. The normalized spacial score (nSPS) is 16.7. The average molecular weight is 536 g/mol. The van der Waals surface area contributed by atoms with Crippen molar-refractivity contribution in [1.29, 1.82) is 0 Å². The molecule has 10 nitrogen and oxygen atoms in total. The molecule has 1 atom stereocenters. The zero-order chi connectivity index (χ0) is 27.4. The Morgan fingerprint density at radius 1 is 1.19 bits per heavy atom. The van der Waals surface area contributed by atoms with Crippen LogP contribution in [0.2, 0.25) is 0 Å². The minimum atomic E-state index is -3.85. The number of sulfonamides is 1. The maximum absolute atomic E-state index is 13.2. The van der Waals surface area contributed by atoms with E-state index in [1.54, 1.807) is 27.0 Å². The maximum Gasteiger partial charge on any atom is 0.327 e. The summed E-state index contributed by atoms with van der Waals surface area (Å²) in [5.41, 5.74) is -0.279. The van der Waals surface area contributed by atoms with Crippen LogP contribution in [0.3, 0.4) is 0 Å². The van der Waals surface area contributed by atoms with Gasteiger partial charge in [0.05, 0.1) is 24.8 Å². The molecule has 0 bridgehead atoms. The second kappa shape index (κ2) is 11.6. The Morgan fingerprint density at radius 3 is 2.51 bits per heavy atom. The van der Waals surface area contributed by atoms with E-state index in [-0.39, 0.29) is 38.4 Å². The molecule has 2 heterocycles. The van der Waals surface area contributed by atoms with Gasteiger partial charge in [-0.2, -0.15) is 4.31 Å². The predicted molar refractivity (Wildman–Crippen MR) is 139 cm³/mol. The van der Waals surface area contributed by atoms with Crippen LogP contribution in [0.1, 0.15) is 52.2 Å². The van der Waals surface area contributed by atoms with Crippen LogP contribution in [0.15, 0.2) is 34.7 Å². The highest BCUT2D eigenvalue weighted by molar-refractivity contribution is 7.89. The van der Waals surface area contributed by atoms with E-state index in [0.717, 1.165) is 16.7 Å². The first-order chi connectivity index (χ1) is 17.4. The number of benzene rings is 1. The van der Waals surface area contributed by atoms with Gasteiger partial charge in [-0.05, 0) is 45.2 Å². The van der Waals surface area contributed by atoms with Crippen molar-refractivity contribution >= 4 is 38.9 Å². The molecule has 37 heavy (non-hydrogen) atoms. The molecule has 1 aliphatic rings. The van der Waals surface area contributed by atoms with Crippen molar-refractivity contribution in [3.8, 4) is 0 Å². The number of imide groups is 1. The number of carbonyl (C=O) groups is 3. The van der Waals surface area contributed by atoms with E-state index in [0.29, 0.717) is 17.8 Å². The Bertz CT molecular complexity index is 1200. The van der Waals surface area contributed by atoms with Crippen molar-refractivity contribution in [2.45, 2.75) is 58.5 Å². The van der Waals surface area contributed by atoms with Gasteiger partial charge in [0.2, 0.25) is 10.0 Å². The van der Waals surface area contributed by atoms with Crippen molar-refractivity contribution in [1.82, 2.24) is 14.1 Å². The molecule has 1 unspecified atom stereocenters. The molecule has 1 saturated heterocycles. The molecule has 11 heteroatoms. The second-order valence-corrected chi connectivity index (χ2v) is 12.1. The maximum atomic E-state index is 13.2. The fraction of sp³-hybridized carbons (Fsp3) is 0.577. The summed E-state index contributed by atoms with van der Waals surface area (Å²) in [6.45, 7) is 5.64. The largest absolute Gasteiger partial charge is 0.465 e. The quantitative estimate of drug-likeness (QED) is 0.218. The van der Waals surface area contributed by atoms with Gasteiger partial charge in [0.25, 0.3) is 5.91 Å². The molecule has 0 aliphatic carbocycles. The van der Waals surface area contributed by atoms with Gasteiger partial charge in [0.15, 0.2) is 0 Å². The first kappa shape index (κ1) is 28.6. The van der Waals surface area contributed by atoms with Crippen LogP contribution in [0, 0.1) is 5.92 Å². The summed E-state index contributed by atoms with van der Waals surface area (Å²) in [6.07, 6.45) is 1.94. The lowest BCUT2D eigenvalue weighted by molar-refractivity contribution is -0.148. The number of urea groups is 1. The molecule has 2 aromatic rings. The molecule has 1 fully saturated rings. The van der Waals surface area contributed by atoms with Crippen LogP contribution >= 0.6 is 0 Å². The first-order valence-electron chi connectivity index (χ1n) is 12.6. The number of ether oxygens (including phenoxy) is 1. The zero-order valence-corrected chi connectivity index (χ0v) is 23.0. The summed E-state index contributed by atoms with van der Waals surface area (Å²) in [7, 11) is -0.838. The molecule has 1 aromatic heterocycles. The number of hydrogen-bond donors (Lipinski definition) is 0. The number of rotatable bonds is 13. The third-order valence-electron chi connectivity index (χ3n) is 6.88. The first-order valence-corrected chi connectivity index (χ1v) is 14.2. The molecule has 0 N–H and O–H groups in total. The van der Waals surface area contributed by atoms with Crippen LogP contribution in [0.25, 0.3) is 11.0 Å². The molecule has 1 aliphatic heterocycles. The van der Waals surface area contributed by atoms with Crippen LogP contribution in [-0.2, 0) is 30.9 Å². The summed E-state index contributed by atoms with van der Waals surface area (Å²) in [5.74, 6) is -1.79. The van der Waals surface area contributed by atoms with Crippen molar-refractivity contribution in [2.24, 2.45) is 5.92 Å². The number of furan rings is 1. The highest BCUT2D eigenvalue weighted by Gasteiger charge is 2.48. The fourth-order valence-electron chi connectivity index (χ4n) is 4.19. The van der Waals surface area contributed by atoms with Gasteiger partial charge >= 0.3 is 12.0 Å². The molecule has 0 spiro atoms. The smallest absolute Gasteiger partial charge is 0.327 e. The van der Waals surface area contributed by atoms with E-state index in [4.69, 9.17) is 9.15 Å². The van der Waals surface area contributed by atoms with Gasteiger partial charge in [0, 0.05) is 26.0 Å². The van der Waals surface area contributed by atoms with Crippen LogP contribution in [0.5, 0.6) is 0 Å². The van der Waals surface area contributed by atoms with Crippen molar-refractivity contribution in [3.05, 3.63) is 36.1 Å².